The van der Waals surface area contributed by atoms with Gasteiger partial charge in [0.1, 0.15) is 0 Å². The summed E-state index contributed by atoms with van der Waals surface area (Å²) in [6.07, 6.45) is 7.32. The van der Waals surface area contributed by atoms with Crippen molar-refractivity contribution in [2.45, 2.75) is 45.6 Å². The Bertz CT molecular complexity index is 316. The Labute approximate surface area is 98.7 Å². The molecular formula is C14H22N2. The Morgan fingerprint density at radius 2 is 2.25 bits per heavy atom. The SMILES string of the molecule is CCCN1CCCC[C@@H]1c1ccc(C)nc1. The number of hydrogen-bond acceptors (Lipinski definition) is 2. The Balaban J connectivity index is 2.13. The largest absolute Gasteiger partial charge is 0.296 e. The van der Waals surface area contributed by atoms with E-state index in [0.29, 0.717) is 6.04 Å². The van der Waals surface area contributed by atoms with Crippen molar-refractivity contribution in [3.8, 4) is 0 Å². The third-order valence-corrected chi connectivity index (χ3v) is 3.44. The maximum absolute atomic E-state index is 4.42. The van der Waals surface area contributed by atoms with E-state index in [1.807, 2.05) is 0 Å². The summed E-state index contributed by atoms with van der Waals surface area (Å²) in [6.45, 7) is 6.79. The molecule has 0 unspecified atom stereocenters. The topological polar surface area (TPSA) is 16.1 Å². The second-order valence-electron chi connectivity index (χ2n) is 4.78. The van der Waals surface area contributed by atoms with Crippen LogP contribution >= 0.6 is 0 Å². The van der Waals surface area contributed by atoms with Crippen molar-refractivity contribution in [2.75, 3.05) is 13.1 Å². The number of piperidine rings is 1. The maximum atomic E-state index is 4.42. The molecule has 1 aliphatic rings. The van der Waals surface area contributed by atoms with Gasteiger partial charge in [-0.15, -0.1) is 0 Å². The lowest BCUT2D eigenvalue weighted by Crippen LogP contribution is -2.34. The van der Waals surface area contributed by atoms with Crippen molar-refractivity contribution in [3.63, 3.8) is 0 Å². The molecule has 2 heteroatoms. The number of aryl methyl sites for hydroxylation is 1. The van der Waals surface area contributed by atoms with Crippen LogP contribution in [0.25, 0.3) is 0 Å². The van der Waals surface area contributed by atoms with Crippen LogP contribution in [0.4, 0.5) is 0 Å². The Morgan fingerprint density at radius 3 is 2.94 bits per heavy atom. The van der Waals surface area contributed by atoms with Gasteiger partial charge < -0.3 is 0 Å². The molecule has 2 heterocycles. The number of pyridine rings is 1. The lowest BCUT2D eigenvalue weighted by Gasteiger charge is -2.35. The molecule has 1 atom stereocenters. The average molecular weight is 218 g/mol. The molecule has 0 amide bonds. The van der Waals surface area contributed by atoms with Gasteiger partial charge in [0.05, 0.1) is 0 Å². The molecule has 1 saturated heterocycles. The minimum Gasteiger partial charge on any atom is -0.296 e. The fourth-order valence-corrected chi connectivity index (χ4v) is 2.60. The van der Waals surface area contributed by atoms with Crippen LogP contribution in [0.5, 0.6) is 0 Å². The Hall–Kier alpha value is -0.890. The summed E-state index contributed by atoms with van der Waals surface area (Å²) in [4.78, 5) is 7.04. The van der Waals surface area contributed by atoms with Crippen molar-refractivity contribution in [3.05, 3.63) is 29.6 Å². The Kier molecular flexibility index (Phi) is 3.94. The quantitative estimate of drug-likeness (QED) is 0.773. The summed E-state index contributed by atoms with van der Waals surface area (Å²) in [5, 5.41) is 0. The number of nitrogens with zero attached hydrogens (tertiary/aromatic N) is 2. The van der Waals surface area contributed by atoms with E-state index in [-0.39, 0.29) is 0 Å². The standard InChI is InChI=1S/C14H22N2/c1-3-9-16-10-5-4-6-14(16)13-8-7-12(2)15-11-13/h7-8,11,14H,3-6,9-10H2,1-2H3/t14-/m1/s1. The molecule has 1 aliphatic heterocycles. The highest BCUT2D eigenvalue weighted by Gasteiger charge is 2.22. The van der Waals surface area contributed by atoms with E-state index in [2.05, 4.69) is 42.1 Å². The first-order chi connectivity index (χ1) is 7.81. The van der Waals surface area contributed by atoms with E-state index >= 15 is 0 Å². The molecule has 0 bridgehead atoms. The minimum atomic E-state index is 0.613. The minimum absolute atomic E-state index is 0.613. The molecule has 2 nitrogen and oxygen atoms in total. The van der Waals surface area contributed by atoms with Crippen molar-refractivity contribution in [1.29, 1.82) is 0 Å². The zero-order chi connectivity index (χ0) is 11.4. The van der Waals surface area contributed by atoms with Crippen molar-refractivity contribution in [1.82, 2.24) is 9.88 Å². The fraction of sp³-hybridized carbons (Fsp3) is 0.643. The van der Waals surface area contributed by atoms with Gasteiger partial charge in [0.15, 0.2) is 0 Å². The van der Waals surface area contributed by atoms with Crippen LogP contribution in [-0.4, -0.2) is 23.0 Å². The summed E-state index contributed by atoms with van der Waals surface area (Å²) >= 11 is 0. The third kappa shape index (κ3) is 2.62. The van der Waals surface area contributed by atoms with E-state index in [1.54, 1.807) is 0 Å². The lowest BCUT2D eigenvalue weighted by atomic mass is 9.96. The Morgan fingerprint density at radius 1 is 1.38 bits per heavy atom. The molecule has 0 N–H and O–H groups in total. The molecule has 16 heavy (non-hydrogen) atoms. The normalized spacial score (nSPS) is 22.2. The summed E-state index contributed by atoms with van der Waals surface area (Å²) < 4.78 is 0. The molecular weight excluding hydrogens is 196 g/mol. The molecule has 0 aliphatic carbocycles. The van der Waals surface area contributed by atoms with E-state index in [4.69, 9.17) is 0 Å². The molecule has 2 rings (SSSR count). The molecule has 0 saturated carbocycles. The first-order valence-electron chi connectivity index (χ1n) is 6.48. The highest BCUT2D eigenvalue weighted by molar-refractivity contribution is 5.17. The summed E-state index contributed by atoms with van der Waals surface area (Å²) in [6, 6.07) is 5.00. The van der Waals surface area contributed by atoms with Gasteiger partial charge in [0.25, 0.3) is 0 Å². The maximum Gasteiger partial charge on any atom is 0.0372 e. The monoisotopic (exact) mass is 218 g/mol. The zero-order valence-corrected chi connectivity index (χ0v) is 10.4. The molecule has 1 fully saturated rings. The number of hydrogen-bond donors (Lipinski definition) is 0. The van der Waals surface area contributed by atoms with Gasteiger partial charge in [-0.2, -0.15) is 0 Å². The summed E-state index contributed by atoms with van der Waals surface area (Å²) in [5.74, 6) is 0. The van der Waals surface area contributed by atoms with E-state index in [1.165, 1.54) is 44.3 Å². The highest BCUT2D eigenvalue weighted by Crippen LogP contribution is 2.30. The second-order valence-corrected chi connectivity index (χ2v) is 4.78. The van der Waals surface area contributed by atoms with Crippen LogP contribution in [0.15, 0.2) is 18.3 Å². The third-order valence-electron chi connectivity index (χ3n) is 3.44. The van der Waals surface area contributed by atoms with Gasteiger partial charge in [-0.25, -0.2) is 0 Å². The van der Waals surface area contributed by atoms with E-state index in [0.717, 1.165) is 5.69 Å². The van der Waals surface area contributed by atoms with Gasteiger partial charge in [-0.05, 0) is 50.9 Å². The zero-order valence-electron chi connectivity index (χ0n) is 10.4. The molecule has 88 valence electrons. The van der Waals surface area contributed by atoms with Crippen LogP contribution in [0.2, 0.25) is 0 Å². The van der Waals surface area contributed by atoms with E-state index in [9.17, 15) is 0 Å². The van der Waals surface area contributed by atoms with Crippen LogP contribution in [0.1, 0.15) is 49.9 Å². The van der Waals surface area contributed by atoms with E-state index < -0.39 is 0 Å². The molecule has 1 aromatic heterocycles. The molecule has 1 aromatic rings. The van der Waals surface area contributed by atoms with Gasteiger partial charge in [-0.3, -0.25) is 9.88 Å². The van der Waals surface area contributed by atoms with Gasteiger partial charge in [-0.1, -0.05) is 19.4 Å². The lowest BCUT2D eigenvalue weighted by molar-refractivity contribution is 0.149. The number of likely N-dealkylation sites (tertiary alicyclic amines) is 1. The van der Waals surface area contributed by atoms with Crippen molar-refractivity contribution in [2.24, 2.45) is 0 Å². The van der Waals surface area contributed by atoms with Crippen molar-refractivity contribution >= 4 is 0 Å². The van der Waals surface area contributed by atoms with Gasteiger partial charge >= 0.3 is 0 Å². The van der Waals surface area contributed by atoms with Crippen LogP contribution < -0.4 is 0 Å². The molecule has 0 aromatic carbocycles. The predicted octanol–water partition coefficient (Wildman–Crippen LogP) is 3.33. The number of rotatable bonds is 3. The predicted molar refractivity (Wildman–Crippen MR) is 67.4 cm³/mol. The molecule has 0 radical (unpaired) electrons. The summed E-state index contributed by atoms with van der Waals surface area (Å²) in [7, 11) is 0. The smallest absolute Gasteiger partial charge is 0.0372 e. The molecule has 0 spiro atoms. The van der Waals surface area contributed by atoms with Crippen LogP contribution in [-0.2, 0) is 0 Å². The van der Waals surface area contributed by atoms with Crippen LogP contribution in [0.3, 0.4) is 0 Å². The average Bonchev–Trinajstić information content (AvgIpc) is 2.32. The van der Waals surface area contributed by atoms with Gasteiger partial charge in [0, 0.05) is 17.9 Å². The fourth-order valence-electron chi connectivity index (χ4n) is 2.60. The summed E-state index contributed by atoms with van der Waals surface area (Å²) in [5.41, 5.74) is 2.51. The highest BCUT2D eigenvalue weighted by atomic mass is 15.2. The second kappa shape index (κ2) is 5.44. The first kappa shape index (κ1) is 11.6. The number of aromatic nitrogens is 1. The first-order valence-corrected chi connectivity index (χ1v) is 6.48. The van der Waals surface area contributed by atoms with Crippen LogP contribution in [0, 0.1) is 6.92 Å². The van der Waals surface area contributed by atoms with Crippen molar-refractivity contribution < 1.29 is 0 Å². The van der Waals surface area contributed by atoms with Gasteiger partial charge in [0.2, 0.25) is 0 Å².